The summed E-state index contributed by atoms with van der Waals surface area (Å²) in [6.07, 6.45) is 8.39. The minimum Gasteiger partial charge on any atom is -0.299 e. The number of fused-ring (bicyclic) bond motifs is 1. The summed E-state index contributed by atoms with van der Waals surface area (Å²) in [7, 11) is 0. The van der Waals surface area contributed by atoms with Crippen molar-refractivity contribution in [2.45, 2.75) is 38.9 Å². The molecule has 0 aliphatic carbocycles. The van der Waals surface area contributed by atoms with E-state index in [0.29, 0.717) is 6.04 Å². The van der Waals surface area contributed by atoms with Crippen LogP contribution in [-0.4, -0.2) is 45.4 Å². The molecule has 1 aliphatic rings. The Bertz CT molecular complexity index is 859. The van der Waals surface area contributed by atoms with Crippen molar-refractivity contribution in [2.75, 3.05) is 19.6 Å². The fourth-order valence-electron chi connectivity index (χ4n) is 4.28. The highest BCUT2D eigenvalue weighted by molar-refractivity contribution is 5.81. The van der Waals surface area contributed by atoms with Crippen molar-refractivity contribution >= 4 is 10.9 Å². The smallest absolute Gasteiger partial charge is 0.0705 e. The molecule has 140 valence electrons. The third-order valence-corrected chi connectivity index (χ3v) is 5.64. The molecule has 1 aromatic carbocycles. The largest absolute Gasteiger partial charge is 0.299 e. The lowest BCUT2D eigenvalue weighted by Gasteiger charge is -2.30. The predicted molar refractivity (Wildman–Crippen MR) is 110 cm³/mol. The van der Waals surface area contributed by atoms with Gasteiger partial charge in [-0.2, -0.15) is 0 Å². The molecule has 0 bridgehead atoms. The topological polar surface area (TPSA) is 32.3 Å². The Morgan fingerprint density at radius 3 is 2.85 bits per heavy atom. The van der Waals surface area contributed by atoms with Crippen LogP contribution in [-0.2, 0) is 13.1 Å². The first-order valence-corrected chi connectivity index (χ1v) is 10.0. The lowest BCUT2D eigenvalue weighted by atomic mass is 10.1. The Labute approximate surface area is 161 Å². The molecule has 0 amide bonds. The summed E-state index contributed by atoms with van der Waals surface area (Å²) < 4.78 is 0. The first kappa shape index (κ1) is 18.1. The maximum atomic E-state index is 4.52. The molecule has 27 heavy (non-hydrogen) atoms. The van der Waals surface area contributed by atoms with Crippen LogP contribution in [0.2, 0.25) is 0 Å². The summed E-state index contributed by atoms with van der Waals surface area (Å²) in [6.45, 7) is 7.62. The second-order valence-corrected chi connectivity index (χ2v) is 7.44. The zero-order valence-corrected chi connectivity index (χ0v) is 16.1. The van der Waals surface area contributed by atoms with Gasteiger partial charge in [-0.25, -0.2) is 0 Å². The number of nitrogens with zero attached hydrogens (tertiary/aromatic N) is 4. The number of para-hydroxylation sites is 1. The highest BCUT2D eigenvalue weighted by Crippen LogP contribution is 2.22. The lowest BCUT2D eigenvalue weighted by molar-refractivity contribution is 0.166. The molecule has 1 aliphatic heterocycles. The van der Waals surface area contributed by atoms with Crippen LogP contribution in [0.25, 0.3) is 10.9 Å². The van der Waals surface area contributed by atoms with Crippen molar-refractivity contribution < 1.29 is 0 Å². The molecule has 3 heterocycles. The number of likely N-dealkylation sites (tertiary alicyclic amines) is 1. The lowest BCUT2D eigenvalue weighted by Crippen LogP contribution is -2.39. The second kappa shape index (κ2) is 8.59. The van der Waals surface area contributed by atoms with E-state index in [9.17, 15) is 0 Å². The number of benzene rings is 1. The Balaban J connectivity index is 1.58. The highest BCUT2D eigenvalue weighted by Gasteiger charge is 2.25. The van der Waals surface area contributed by atoms with Gasteiger partial charge in [0, 0.05) is 49.7 Å². The van der Waals surface area contributed by atoms with Crippen molar-refractivity contribution in [3.05, 3.63) is 72.2 Å². The fourth-order valence-corrected chi connectivity index (χ4v) is 4.28. The van der Waals surface area contributed by atoms with Gasteiger partial charge in [0.2, 0.25) is 0 Å². The monoisotopic (exact) mass is 360 g/mol. The van der Waals surface area contributed by atoms with Crippen LogP contribution in [0.5, 0.6) is 0 Å². The number of hydrogen-bond acceptors (Lipinski definition) is 4. The van der Waals surface area contributed by atoms with Crippen molar-refractivity contribution in [1.82, 2.24) is 19.8 Å². The first-order chi connectivity index (χ1) is 13.3. The van der Waals surface area contributed by atoms with Crippen molar-refractivity contribution in [3.63, 3.8) is 0 Å². The van der Waals surface area contributed by atoms with Crippen molar-refractivity contribution in [2.24, 2.45) is 0 Å². The van der Waals surface area contributed by atoms with E-state index < -0.39 is 0 Å². The maximum absolute atomic E-state index is 4.52. The standard InChI is InChI=1S/C23H28N4/c1-2-27-14-6-8-21(27)18-26(16-19-7-5-12-24-15-19)17-20-11-13-25-23-10-4-3-9-22(20)23/h3-5,7,9-13,15,21H,2,6,8,14,16-18H2,1H3. The number of rotatable bonds is 7. The van der Waals surface area contributed by atoms with Gasteiger partial charge in [-0.1, -0.05) is 31.2 Å². The van der Waals surface area contributed by atoms with Crippen LogP contribution in [0, 0.1) is 0 Å². The van der Waals surface area contributed by atoms with Gasteiger partial charge in [0.15, 0.2) is 0 Å². The number of hydrogen-bond donors (Lipinski definition) is 0. The van der Waals surface area contributed by atoms with Gasteiger partial charge < -0.3 is 0 Å². The molecule has 0 radical (unpaired) electrons. The summed E-state index contributed by atoms with van der Waals surface area (Å²) in [5.41, 5.74) is 3.70. The fraction of sp³-hybridized carbons (Fsp3) is 0.391. The van der Waals surface area contributed by atoms with Gasteiger partial charge in [-0.05, 0) is 55.3 Å². The molecule has 0 N–H and O–H groups in total. The normalized spacial score (nSPS) is 17.8. The minimum atomic E-state index is 0.653. The van der Waals surface area contributed by atoms with E-state index in [2.05, 4.69) is 63.1 Å². The Hall–Kier alpha value is -2.30. The summed E-state index contributed by atoms with van der Waals surface area (Å²) >= 11 is 0. The summed E-state index contributed by atoms with van der Waals surface area (Å²) in [5, 5.41) is 1.26. The molecule has 2 aromatic heterocycles. The molecule has 4 heteroatoms. The van der Waals surface area contributed by atoms with E-state index in [1.807, 2.05) is 24.7 Å². The van der Waals surface area contributed by atoms with E-state index in [1.165, 1.54) is 35.9 Å². The van der Waals surface area contributed by atoms with Gasteiger partial charge in [-0.15, -0.1) is 0 Å². The average molecular weight is 361 g/mol. The molecule has 4 rings (SSSR count). The highest BCUT2D eigenvalue weighted by atomic mass is 15.2. The Kier molecular flexibility index (Phi) is 5.75. The molecule has 1 unspecified atom stereocenters. The van der Waals surface area contributed by atoms with Gasteiger partial charge >= 0.3 is 0 Å². The molecule has 1 atom stereocenters. The molecule has 0 saturated carbocycles. The zero-order valence-electron chi connectivity index (χ0n) is 16.1. The minimum absolute atomic E-state index is 0.653. The van der Waals surface area contributed by atoms with Crippen LogP contribution in [0.1, 0.15) is 30.9 Å². The zero-order chi connectivity index (χ0) is 18.5. The van der Waals surface area contributed by atoms with Gasteiger partial charge in [0.1, 0.15) is 0 Å². The third-order valence-electron chi connectivity index (χ3n) is 5.64. The van der Waals surface area contributed by atoms with Crippen molar-refractivity contribution in [1.29, 1.82) is 0 Å². The van der Waals surface area contributed by atoms with E-state index >= 15 is 0 Å². The second-order valence-electron chi connectivity index (χ2n) is 7.44. The number of likely N-dealkylation sites (N-methyl/N-ethyl adjacent to an activating group) is 1. The predicted octanol–water partition coefficient (Wildman–Crippen LogP) is 4.12. The van der Waals surface area contributed by atoms with Crippen LogP contribution in [0.15, 0.2) is 61.1 Å². The van der Waals surface area contributed by atoms with E-state index in [-0.39, 0.29) is 0 Å². The molecule has 1 saturated heterocycles. The quantitative estimate of drug-likeness (QED) is 0.634. The van der Waals surface area contributed by atoms with Crippen LogP contribution >= 0.6 is 0 Å². The summed E-state index contributed by atoms with van der Waals surface area (Å²) in [5.74, 6) is 0. The van der Waals surface area contributed by atoms with Crippen LogP contribution in [0.4, 0.5) is 0 Å². The van der Waals surface area contributed by atoms with Gasteiger partial charge in [0.05, 0.1) is 5.52 Å². The molecule has 4 nitrogen and oxygen atoms in total. The summed E-state index contributed by atoms with van der Waals surface area (Å²) in [6, 6.07) is 15.5. The molecular weight excluding hydrogens is 332 g/mol. The Morgan fingerprint density at radius 1 is 1.07 bits per heavy atom. The van der Waals surface area contributed by atoms with Gasteiger partial charge in [0.25, 0.3) is 0 Å². The van der Waals surface area contributed by atoms with Crippen molar-refractivity contribution in [3.8, 4) is 0 Å². The SMILES string of the molecule is CCN1CCCC1CN(Cc1cccnc1)Cc1ccnc2ccccc12. The van der Waals surface area contributed by atoms with E-state index in [0.717, 1.165) is 31.7 Å². The first-order valence-electron chi connectivity index (χ1n) is 10.0. The van der Waals surface area contributed by atoms with Crippen LogP contribution < -0.4 is 0 Å². The molecule has 3 aromatic rings. The Morgan fingerprint density at radius 2 is 2.00 bits per heavy atom. The van der Waals surface area contributed by atoms with Gasteiger partial charge in [-0.3, -0.25) is 19.8 Å². The molecular formula is C23H28N4. The van der Waals surface area contributed by atoms with E-state index in [1.54, 1.807) is 0 Å². The number of aromatic nitrogens is 2. The maximum Gasteiger partial charge on any atom is 0.0705 e. The number of pyridine rings is 2. The molecule has 1 fully saturated rings. The molecule has 0 spiro atoms. The third kappa shape index (κ3) is 4.34. The summed E-state index contributed by atoms with van der Waals surface area (Å²) in [4.78, 5) is 14.0. The van der Waals surface area contributed by atoms with E-state index in [4.69, 9.17) is 0 Å². The average Bonchev–Trinajstić information content (AvgIpc) is 3.16. The van der Waals surface area contributed by atoms with Crippen LogP contribution in [0.3, 0.4) is 0 Å².